The highest BCUT2D eigenvalue weighted by atomic mass is 35.5. The lowest BCUT2D eigenvalue weighted by Gasteiger charge is -2.16. The molecule has 32 heavy (non-hydrogen) atoms. The van der Waals surface area contributed by atoms with Crippen LogP contribution in [-0.2, 0) is 20.5 Å². The van der Waals surface area contributed by atoms with Crippen molar-refractivity contribution in [2.24, 2.45) is 0 Å². The number of benzene rings is 2. The fourth-order valence-electron chi connectivity index (χ4n) is 2.52. The van der Waals surface area contributed by atoms with Gasteiger partial charge >= 0.3 is 12.1 Å². The summed E-state index contributed by atoms with van der Waals surface area (Å²) in [6.07, 6.45) is -5.73. The molecule has 2 aromatic carbocycles. The maximum atomic E-state index is 12.6. The largest absolute Gasteiger partial charge is 0.495 e. The molecule has 11 heteroatoms. The topological polar surface area (TPSA) is 93.7 Å². The molecule has 2 amide bonds. The predicted octanol–water partition coefficient (Wildman–Crippen LogP) is 3.98. The predicted molar refractivity (Wildman–Crippen MR) is 111 cm³/mol. The smallest absolute Gasteiger partial charge is 0.416 e. The Morgan fingerprint density at radius 3 is 2.31 bits per heavy atom. The average molecular weight is 473 g/mol. The number of hydrogen-bond donors (Lipinski definition) is 2. The fourth-order valence-corrected chi connectivity index (χ4v) is 2.68. The molecule has 1 unspecified atom stereocenters. The molecule has 0 aliphatic heterocycles. The van der Waals surface area contributed by atoms with Gasteiger partial charge in [-0.1, -0.05) is 11.6 Å². The number of halogens is 4. The molecule has 0 spiro atoms. The van der Waals surface area contributed by atoms with Gasteiger partial charge in [-0.3, -0.25) is 14.4 Å². The molecule has 2 aromatic rings. The fraction of sp³-hybridized carbons (Fsp3) is 0.286. The molecular formula is C21H20ClF3N2O5. The van der Waals surface area contributed by atoms with Crippen molar-refractivity contribution in [3.05, 3.63) is 58.1 Å². The number of carbonyl (C=O) groups excluding carboxylic acids is 3. The van der Waals surface area contributed by atoms with Gasteiger partial charge in [0.1, 0.15) is 12.3 Å². The van der Waals surface area contributed by atoms with E-state index in [1.165, 1.54) is 20.1 Å². The molecule has 0 saturated heterocycles. The Labute approximate surface area is 186 Å². The summed E-state index contributed by atoms with van der Waals surface area (Å²) < 4.78 is 47.9. The first kappa shape index (κ1) is 25.0. The van der Waals surface area contributed by atoms with Gasteiger partial charge in [-0.15, -0.1) is 0 Å². The zero-order valence-electron chi connectivity index (χ0n) is 17.3. The lowest BCUT2D eigenvalue weighted by atomic mass is 10.1. The molecule has 0 radical (unpaired) electrons. The van der Waals surface area contributed by atoms with Crippen LogP contribution in [0, 0.1) is 6.92 Å². The van der Waals surface area contributed by atoms with Crippen LogP contribution in [0.1, 0.15) is 28.4 Å². The van der Waals surface area contributed by atoms with E-state index < -0.39 is 42.2 Å². The zero-order valence-corrected chi connectivity index (χ0v) is 18.1. The number of nitrogens with one attached hydrogen (secondary N) is 2. The van der Waals surface area contributed by atoms with E-state index in [2.05, 4.69) is 10.6 Å². The van der Waals surface area contributed by atoms with E-state index in [0.717, 1.165) is 24.3 Å². The Morgan fingerprint density at radius 2 is 1.75 bits per heavy atom. The maximum absolute atomic E-state index is 12.6. The highest BCUT2D eigenvalue weighted by Crippen LogP contribution is 2.31. The normalized spacial score (nSPS) is 12.0. The highest BCUT2D eigenvalue weighted by Gasteiger charge is 2.30. The van der Waals surface area contributed by atoms with Crippen molar-refractivity contribution in [2.75, 3.05) is 19.0 Å². The summed E-state index contributed by atoms with van der Waals surface area (Å²) in [7, 11) is 1.40. The minimum atomic E-state index is -4.52. The number of aryl methyl sites for hydroxylation is 1. The van der Waals surface area contributed by atoms with E-state index in [-0.39, 0.29) is 5.56 Å². The second kappa shape index (κ2) is 10.4. The highest BCUT2D eigenvalue weighted by molar-refractivity contribution is 6.31. The molecule has 2 rings (SSSR count). The van der Waals surface area contributed by atoms with Crippen molar-refractivity contribution in [1.29, 1.82) is 0 Å². The molecule has 0 aromatic heterocycles. The third kappa shape index (κ3) is 6.61. The number of carbonyl (C=O) groups is 3. The number of anilines is 1. The van der Waals surface area contributed by atoms with Crippen molar-refractivity contribution >= 4 is 35.1 Å². The Hall–Kier alpha value is -3.27. The van der Waals surface area contributed by atoms with Crippen LogP contribution in [0.3, 0.4) is 0 Å². The van der Waals surface area contributed by atoms with E-state index in [9.17, 15) is 27.6 Å². The molecule has 0 aliphatic rings. The van der Waals surface area contributed by atoms with E-state index >= 15 is 0 Å². The zero-order chi connectivity index (χ0) is 24.1. The Morgan fingerprint density at radius 1 is 1.12 bits per heavy atom. The molecular weight excluding hydrogens is 453 g/mol. The second-order valence-corrected chi connectivity index (χ2v) is 7.09. The van der Waals surface area contributed by atoms with Gasteiger partial charge < -0.3 is 20.1 Å². The Balaban J connectivity index is 1.89. The van der Waals surface area contributed by atoms with Gasteiger partial charge in [-0.2, -0.15) is 13.2 Å². The lowest BCUT2D eigenvalue weighted by Crippen LogP contribution is -2.35. The van der Waals surface area contributed by atoms with Gasteiger partial charge in [0, 0.05) is 16.7 Å². The van der Waals surface area contributed by atoms with Gasteiger partial charge in [0.2, 0.25) is 0 Å². The second-order valence-electron chi connectivity index (χ2n) is 6.68. The van der Waals surface area contributed by atoms with Gasteiger partial charge in [0.25, 0.3) is 11.8 Å². The van der Waals surface area contributed by atoms with E-state index in [1.807, 2.05) is 0 Å². The van der Waals surface area contributed by atoms with Gasteiger partial charge in [0.05, 0.1) is 18.4 Å². The number of amides is 2. The standard InChI is InChI=1S/C21H20ClF3N2O5/c1-11-8-16(17(31-3)9-15(11)22)27-19(29)12(2)32-18(28)10-26-20(30)13-4-6-14(7-5-13)21(23,24)25/h4-9,12H,10H2,1-3H3,(H,26,30)(H,27,29). The van der Waals surface area contributed by atoms with Crippen molar-refractivity contribution in [2.45, 2.75) is 26.1 Å². The first-order valence-corrected chi connectivity index (χ1v) is 9.60. The van der Waals surface area contributed by atoms with Crippen molar-refractivity contribution in [3.63, 3.8) is 0 Å². The van der Waals surface area contributed by atoms with Gasteiger partial charge in [-0.05, 0) is 49.7 Å². The molecule has 2 N–H and O–H groups in total. The SMILES string of the molecule is COc1cc(Cl)c(C)cc1NC(=O)C(C)OC(=O)CNC(=O)c1ccc(C(F)(F)F)cc1. The quantitative estimate of drug-likeness (QED) is 0.595. The molecule has 0 saturated carbocycles. The van der Waals surface area contributed by atoms with E-state index in [0.29, 0.717) is 22.0 Å². The van der Waals surface area contributed by atoms with Crippen LogP contribution in [0.4, 0.5) is 18.9 Å². The number of hydrogen-bond acceptors (Lipinski definition) is 5. The maximum Gasteiger partial charge on any atom is 0.416 e. The van der Waals surface area contributed by atoms with Crippen LogP contribution in [0.15, 0.2) is 36.4 Å². The van der Waals surface area contributed by atoms with Crippen LogP contribution in [0.5, 0.6) is 5.75 Å². The number of esters is 1. The van der Waals surface area contributed by atoms with Crippen molar-refractivity contribution < 1.29 is 37.0 Å². The van der Waals surface area contributed by atoms with Crippen LogP contribution in [0.25, 0.3) is 0 Å². The van der Waals surface area contributed by atoms with Gasteiger partial charge in [0.15, 0.2) is 6.10 Å². The summed E-state index contributed by atoms with van der Waals surface area (Å²) in [5.41, 5.74) is 0.0545. The number of alkyl halides is 3. The van der Waals surface area contributed by atoms with Crippen molar-refractivity contribution in [1.82, 2.24) is 5.32 Å². The summed E-state index contributed by atoms with van der Waals surface area (Å²) in [4.78, 5) is 36.3. The Bertz CT molecular complexity index is 1010. The van der Waals surface area contributed by atoms with Crippen LogP contribution < -0.4 is 15.4 Å². The third-order valence-electron chi connectivity index (χ3n) is 4.28. The van der Waals surface area contributed by atoms with Gasteiger partial charge in [-0.25, -0.2) is 0 Å². The molecule has 0 bridgehead atoms. The summed E-state index contributed by atoms with van der Waals surface area (Å²) in [5.74, 6) is -2.01. The Kier molecular flexibility index (Phi) is 8.09. The molecule has 0 aliphatic carbocycles. The van der Waals surface area contributed by atoms with Crippen LogP contribution in [-0.4, -0.2) is 37.5 Å². The minimum Gasteiger partial charge on any atom is -0.495 e. The van der Waals surface area contributed by atoms with Crippen LogP contribution in [0.2, 0.25) is 5.02 Å². The van der Waals surface area contributed by atoms with E-state index in [4.69, 9.17) is 21.1 Å². The molecule has 0 heterocycles. The number of ether oxygens (including phenoxy) is 2. The van der Waals surface area contributed by atoms with E-state index in [1.54, 1.807) is 13.0 Å². The summed E-state index contributed by atoms with van der Waals surface area (Å²) >= 11 is 6.02. The molecule has 7 nitrogen and oxygen atoms in total. The summed E-state index contributed by atoms with van der Waals surface area (Å²) in [6, 6.07) is 6.61. The first-order valence-electron chi connectivity index (χ1n) is 9.22. The van der Waals surface area contributed by atoms with Crippen LogP contribution >= 0.6 is 11.6 Å². The monoisotopic (exact) mass is 472 g/mol. The number of rotatable bonds is 7. The lowest BCUT2D eigenvalue weighted by molar-refractivity contribution is -0.152. The third-order valence-corrected chi connectivity index (χ3v) is 4.69. The van der Waals surface area contributed by atoms with Crippen molar-refractivity contribution in [3.8, 4) is 5.75 Å². The average Bonchev–Trinajstić information content (AvgIpc) is 2.73. The number of methoxy groups -OCH3 is 1. The summed E-state index contributed by atoms with van der Waals surface area (Å²) in [6.45, 7) is 2.49. The molecule has 172 valence electrons. The summed E-state index contributed by atoms with van der Waals surface area (Å²) in [5, 5.41) is 5.23. The molecule has 1 atom stereocenters. The first-order chi connectivity index (χ1) is 14.9. The minimum absolute atomic E-state index is 0.0678. The molecule has 0 fully saturated rings.